The van der Waals surface area contributed by atoms with Gasteiger partial charge in [-0.2, -0.15) is 0 Å². The molecule has 0 aromatic heterocycles. The third-order valence-electron chi connectivity index (χ3n) is 2.91. The summed E-state index contributed by atoms with van der Waals surface area (Å²) in [4.78, 5) is 13.9. The lowest BCUT2D eigenvalue weighted by Gasteiger charge is -2.25. The Morgan fingerprint density at radius 3 is 2.82 bits per heavy atom. The predicted octanol–water partition coefficient (Wildman–Crippen LogP) is 2.95. The van der Waals surface area contributed by atoms with E-state index in [1.54, 1.807) is 17.0 Å². The third-order valence-corrected chi connectivity index (χ3v) is 3.41. The predicted molar refractivity (Wildman–Crippen MR) is 70.1 cm³/mol. The van der Waals surface area contributed by atoms with Gasteiger partial charge in [0.15, 0.2) is 0 Å². The number of carbonyl (C=O) groups excluding carboxylic acids is 1. The van der Waals surface area contributed by atoms with Crippen molar-refractivity contribution in [3.05, 3.63) is 39.9 Å². The fourth-order valence-electron chi connectivity index (χ4n) is 1.81. The minimum Gasteiger partial charge on any atom is -0.507 e. The highest BCUT2D eigenvalue weighted by Gasteiger charge is 2.20. The summed E-state index contributed by atoms with van der Waals surface area (Å²) in [5, 5.41) is 9.75. The number of amides is 1. The molecular weight excluding hydrogens is 282 g/mol. The van der Waals surface area contributed by atoms with Crippen LogP contribution in [0.5, 0.6) is 5.75 Å². The first-order valence-corrected chi connectivity index (χ1v) is 6.30. The molecule has 1 heterocycles. The van der Waals surface area contributed by atoms with E-state index in [2.05, 4.69) is 28.9 Å². The number of nitrogens with zero attached hydrogens (tertiary/aromatic N) is 1. The topological polar surface area (TPSA) is 40.5 Å². The molecule has 17 heavy (non-hydrogen) atoms. The van der Waals surface area contributed by atoms with E-state index in [0.717, 1.165) is 17.4 Å². The van der Waals surface area contributed by atoms with Crippen LogP contribution in [0.3, 0.4) is 0 Å². The fraction of sp³-hybridized carbons (Fsp3) is 0.308. The van der Waals surface area contributed by atoms with Gasteiger partial charge in [-0.05, 0) is 31.5 Å². The van der Waals surface area contributed by atoms with E-state index in [-0.39, 0.29) is 11.7 Å². The molecule has 1 N–H and O–H groups in total. The number of hydrogen-bond acceptors (Lipinski definition) is 2. The molecule has 0 saturated heterocycles. The Kier molecular flexibility index (Phi) is 3.52. The zero-order chi connectivity index (χ0) is 12.4. The highest BCUT2D eigenvalue weighted by atomic mass is 79.9. The normalized spacial score (nSPS) is 15.6. The second kappa shape index (κ2) is 4.92. The summed E-state index contributed by atoms with van der Waals surface area (Å²) < 4.78 is 0.765. The molecule has 3 nitrogen and oxygen atoms in total. The SMILES string of the molecule is CC1=CCN(C(=O)c2ccc(Br)cc2O)CC1. The number of hydrogen-bond donors (Lipinski definition) is 1. The van der Waals surface area contributed by atoms with Gasteiger partial charge in [0.05, 0.1) is 5.56 Å². The summed E-state index contributed by atoms with van der Waals surface area (Å²) >= 11 is 3.25. The van der Waals surface area contributed by atoms with Gasteiger partial charge in [0.1, 0.15) is 5.75 Å². The molecule has 90 valence electrons. The minimum atomic E-state index is -0.112. The molecule has 2 rings (SSSR count). The summed E-state index contributed by atoms with van der Waals surface area (Å²) in [7, 11) is 0. The summed E-state index contributed by atoms with van der Waals surface area (Å²) in [6.07, 6.45) is 2.96. The zero-order valence-electron chi connectivity index (χ0n) is 9.61. The van der Waals surface area contributed by atoms with E-state index in [1.165, 1.54) is 11.6 Å². The van der Waals surface area contributed by atoms with Crippen molar-refractivity contribution >= 4 is 21.8 Å². The third kappa shape index (κ3) is 2.69. The van der Waals surface area contributed by atoms with Crippen LogP contribution in [-0.2, 0) is 0 Å². The zero-order valence-corrected chi connectivity index (χ0v) is 11.2. The Bertz CT molecular complexity index is 482. The van der Waals surface area contributed by atoms with E-state index in [4.69, 9.17) is 0 Å². The van der Waals surface area contributed by atoms with Crippen LogP contribution >= 0.6 is 15.9 Å². The number of phenols is 1. The number of benzene rings is 1. The van der Waals surface area contributed by atoms with E-state index >= 15 is 0 Å². The van der Waals surface area contributed by atoms with Crippen LogP contribution in [0.15, 0.2) is 34.3 Å². The molecule has 4 heteroatoms. The minimum absolute atomic E-state index is 0.0237. The van der Waals surface area contributed by atoms with E-state index in [1.807, 2.05) is 0 Å². The Morgan fingerprint density at radius 1 is 1.47 bits per heavy atom. The number of aromatic hydroxyl groups is 1. The highest BCUT2D eigenvalue weighted by Crippen LogP contribution is 2.24. The Balaban J connectivity index is 2.20. The van der Waals surface area contributed by atoms with Gasteiger partial charge in [-0.1, -0.05) is 27.6 Å². The molecule has 0 unspecified atom stereocenters. The van der Waals surface area contributed by atoms with Gasteiger partial charge >= 0.3 is 0 Å². The van der Waals surface area contributed by atoms with Crippen LogP contribution in [0.4, 0.5) is 0 Å². The van der Waals surface area contributed by atoms with Crippen LogP contribution in [0, 0.1) is 0 Å². The monoisotopic (exact) mass is 295 g/mol. The molecule has 1 aromatic rings. The van der Waals surface area contributed by atoms with Crippen molar-refractivity contribution in [2.45, 2.75) is 13.3 Å². The number of halogens is 1. The average Bonchev–Trinajstić information content (AvgIpc) is 2.29. The smallest absolute Gasteiger partial charge is 0.257 e. The molecule has 0 bridgehead atoms. The van der Waals surface area contributed by atoms with Crippen LogP contribution in [0.25, 0.3) is 0 Å². The van der Waals surface area contributed by atoms with Gasteiger partial charge < -0.3 is 10.0 Å². The number of carbonyl (C=O) groups is 1. The van der Waals surface area contributed by atoms with Crippen LogP contribution in [0.2, 0.25) is 0 Å². The molecule has 0 spiro atoms. The first kappa shape index (κ1) is 12.2. The Labute approximate surface area is 109 Å². The summed E-state index contributed by atoms with van der Waals surface area (Å²) in [6.45, 7) is 3.41. The van der Waals surface area contributed by atoms with Crippen molar-refractivity contribution in [1.82, 2.24) is 4.90 Å². The van der Waals surface area contributed by atoms with Gasteiger partial charge in [-0.25, -0.2) is 0 Å². The van der Waals surface area contributed by atoms with Crippen LogP contribution < -0.4 is 0 Å². The van der Waals surface area contributed by atoms with Crippen molar-refractivity contribution in [3.63, 3.8) is 0 Å². The highest BCUT2D eigenvalue weighted by molar-refractivity contribution is 9.10. The second-order valence-corrected chi connectivity index (χ2v) is 5.13. The molecule has 1 amide bonds. The quantitative estimate of drug-likeness (QED) is 0.809. The first-order valence-electron chi connectivity index (χ1n) is 5.51. The van der Waals surface area contributed by atoms with Crippen LogP contribution in [-0.4, -0.2) is 29.0 Å². The average molecular weight is 296 g/mol. The maximum absolute atomic E-state index is 12.2. The lowest BCUT2D eigenvalue weighted by molar-refractivity contribution is 0.0766. The standard InChI is InChI=1S/C13H14BrNO2/c1-9-4-6-15(7-5-9)13(17)11-3-2-10(14)8-12(11)16/h2-4,8,16H,5-7H2,1H3. The number of rotatable bonds is 1. The van der Waals surface area contributed by atoms with Crippen molar-refractivity contribution in [1.29, 1.82) is 0 Å². The molecule has 0 aliphatic carbocycles. The summed E-state index contributed by atoms with van der Waals surface area (Å²) in [5.74, 6) is -0.0885. The Hall–Kier alpha value is -1.29. The Morgan fingerprint density at radius 2 is 2.24 bits per heavy atom. The van der Waals surface area contributed by atoms with Gasteiger partial charge in [-0.15, -0.1) is 0 Å². The van der Waals surface area contributed by atoms with Crippen molar-refractivity contribution in [2.24, 2.45) is 0 Å². The molecular formula is C13H14BrNO2. The molecule has 0 fully saturated rings. The maximum Gasteiger partial charge on any atom is 0.257 e. The lowest BCUT2D eigenvalue weighted by Crippen LogP contribution is -2.34. The molecule has 0 saturated carbocycles. The van der Waals surface area contributed by atoms with Gasteiger partial charge in [0.25, 0.3) is 5.91 Å². The number of phenolic OH excluding ortho intramolecular Hbond substituents is 1. The lowest BCUT2D eigenvalue weighted by atomic mass is 10.1. The van der Waals surface area contributed by atoms with E-state index in [0.29, 0.717) is 12.1 Å². The maximum atomic E-state index is 12.2. The van der Waals surface area contributed by atoms with E-state index < -0.39 is 0 Å². The van der Waals surface area contributed by atoms with Gasteiger partial charge in [0.2, 0.25) is 0 Å². The fourth-order valence-corrected chi connectivity index (χ4v) is 2.16. The van der Waals surface area contributed by atoms with Crippen molar-refractivity contribution < 1.29 is 9.90 Å². The second-order valence-electron chi connectivity index (χ2n) is 4.21. The summed E-state index contributed by atoms with van der Waals surface area (Å²) in [5.41, 5.74) is 1.68. The summed E-state index contributed by atoms with van der Waals surface area (Å²) in [6, 6.07) is 4.95. The molecule has 1 aliphatic heterocycles. The van der Waals surface area contributed by atoms with Gasteiger partial charge in [0, 0.05) is 17.6 Å². The molecule has 1 aromatic carbocycles. The molecule has 0 radical (unpaired) electrons. The van der Waals surface area contributed by atoms with Crippen molar-refractivity contribution in [2.75, 3.05) is 13.1 Å². The van der Waals surface area contributed by atoms with Gasteiger partial charge in [-0.3, -0.25) is 4.79 Å². The first-order chi connectivity index (χ1) is 8.08. The molecule has 1 aliphatic rings. The molecule has 0 atom stereocenters. The largest absolute Gasteiger partial charge is 0.507 e. The van der Waals surface area contributed by atoms with Crippen LogP contribution in [0.1, 0.15) is 23.7 Å². The van der Waals surface area contributed by atoms with E-state index in [9.17, 15) is 9.90 Å². The van der Waals surface area contributed by atoms with Crippen molar-refractivity contribution in [3.8, 4) is 5.75 Å².